The third-order valence-corrected chi connectivity index (χ3v) is 4.90. The van der Waals surface area contributed by atoms with Gasteiger partial charge in [-0.3, -0.25) is 4.90 Å². The molecule has 0 spiro atoms. The molecule has 0 saturated carbocycles. The van der Waals surface area contributed by atoms with Crippen molar-refractivity contribution in [2.75, 3.05) is 6.54 Å². The van der Waals surface area contributed by atoms with Crippen LogP contribution >= 0.6 is 0 Å². The predicted octanol–water partition coefficient (Wildman–Crippen LogP) is 3.10. The van der Waals surface area contributed by atoms with Crippen LogP contribution in [0.1, 0.15) is 32.0 Å². The summed E-state index contributed by atoms with van der Waals surface area (Å²) in [6.07, 6.45) is -0.0416. The summed E-state index contributed by atoms with van der Waals surface area (Å²) < 4.78 is 18.8. The van der Waals surface area contributed by atoms with Crippen molar-refractivity contribution in [3.8, 4) is 0 Å². The van der Waals surface area contributed by atoms with Crippen LogP contribution in [0.15, 0.2) is 18.2 Å². The molecule has 1 aromatic carbocycles. The number of H-pyrrole nitrogens is 1. The molecule has 1 aliphatic rings. The van der Waals surface area contributed by atoms with Crippen molar-refractivity contribution >= 4 is 17.0 Å². The minimum absolute atomic E-state index is 0.291. The molecule has 3 rings (SSSR count). The van der Waals surface area contributed by atoms with E-state index in [1.165, 1.54) is 17.0 Å². The molecule has 1 aliphatic heterocycles. The Morgan fingerprint density at radius 3 is 2.65 bits per heavy atom. The third-order valence-electron chi connectivity index (χ3n) is 4.90. The number of aliphatic hydroxyl groups is 1. The van der Waals surface area contributed by atoms with Gasteiger partial charge in [0.15, 0.2) is 11.3 Å². The number of rotatable bonds is 3. The summed E-state index contributed by atoms with van der Waals surface area (Å²) in [5, 5.41) is 11.4. The van der Waals surface area contributed by atoms with Crippen molar-refractivity contribution in [2.45, 2.75) is 45.4 Å². The summed E-state index contributed by atoms with van der Waals surface area (Å²) in [5.41, 5.74) is 0.348. The van der Waals surface area contributed by atoms with E-state index in [1.807, 2.05) is 6.92 Å². The van der Waals surface area contributed by atoms with Crippen LogP contribution in [0.5, 0.6) is 0 Å². The molecule has 2 N–H and O–H groups in total. The molecule has 0 aliphatic carbocycles. The van der Waals surface area contributed by atoms with Gasteiger partial charge in [0.05, 0.1) is 0 Å². The number of aryl methyl sites for hydroxylation is 1. The van der Waals surface area contributed by atoms with Crippen molar-refractivity contribution in [1.29, 1.82) is 0 Å². The van der Waals surface area contributed by atoms with Crippen LogP contribution in [0.2, 0.25) is 0 Å². The number of aromatic amines is 1. The molecular formula is C17H21FN2O3. The topological polar surface area (TPSA) is 65.6 Å². The molecule has 2 aromatic rings. The number of halogens is 1. The molecule has 23 heavy (non-hydrogen) atoms. The first-order valence-corrected chi connectivity index (χ1v) is 7.63. The van der Waals surface area contributed by atoms with Crippen molar-refractivity contribution in [3.63, 3.8) is 0 Å². The van der Waals surface area contributed by atoms with Gasteiger partial charge in [-0.2, -0.15) is 0 Å². The summed E-state index contributed by atoms with van der Waals surface area (Å²) in [7, 11) is 0. The zero-order chi connectivity index (χ0) is 17.0. The highest BCUT2D eigenvalue weighted by Crippen LogP contribution is 2.37. The number of nitrogens with zero attached hydrogens (tertiary/aromatic N) is 1. The van der Waals surface area contributed by atoms with E-state index in [9.17, 15) is 14.3 Å². The number of fused-ring (bicyclic) bond motifs is 1. The van der Waals surface area contributed by atoms with E-state index in [2.05, 4.69) is 4.98 Å². The van der Waals surface area contributed by atoms with Gasteiger partial charge in [0.1, 0.15) is 5.82 Å². The Labute approximate surface area is 134 Å². The maximum atomic E-state index is 13.5. The third kappa shape index (κ3) is 2.37. The van der Waals surface area contributed by atoms with Gasteiger partial charge < -0.3 is 14.8 Å². The summed E-state index contributed by atoms with van der Waals surface area (Å²) in [6, 6.07) is 4.59. The number of carbonyl (C=O) groups is 1. The molecule has 0 unspecified atom stereocenters. The minimum atomic E-state index is -1.39. The molecule has 6 heteroatoms. The van der Waals surface area contributed by atoms with Crippen molar-refractivity contribution in [3.05, 3.63) is 35.3 Å². The zero-order valence-electron chi connectivity index (χ0n) is 13.7. The molecule has 2 heterocycles. The highest BCUT2D eigenvalue weighted by Gasteiger charge is 2.56. The van der Waals surface area contributed by atoms with Crippen molar-refractivity contribution in [1.82, 2.24) is 9.88 Å². The second-order valence-electron chi connectivity index (χ2n) is 6.72. The second-order valence-corrected chi connectivity index (χ2v) is 6.72. The molecule has 1 amide bonds. The van der Waals surface area contributed by atoms with Gasteiger partial charge in [0.25, 0.3) is 0 Å². The lowest BCUT2D eigenvalue weighted by molar-refractivity contribution is -0.126. The highest BCUT2D eigenvalue weighted by molar-refractivity contribution is 5.84. The number of hydrogen-bond donors (Lipinski definition) is 2. The van der Waals surface area contributed by atoms with Gasteiger partial charge in [-0.25, -0.2) is 9.18 Å². The van der Waals surface area contributed by atoms with E-state index in [4.69, 9.17) is 4.74 Å². The Kier molecular flexibility index (Phi) is 3.41. The molecule has 0 radical (unpaired) electrons. The lowest BCUT2D eigenvalue weighted by atomic mass is 9.95. The number of hydrogen-bond acceptors (Lipinski definition) is 3. The molecule has 1 atom stereocenters. The predicted molar refractivity (Wildman–Crippen MR) is 84.6 cm³/mol. The lowest BCUT2D eigenvalue weighted by Crippen LogP contribution is -2.54. The average molecular weight is 320 g/mol. The number of aromatic nitrogens is 1. The summed E-state index contributed by atoms with van der Waals surface area (Å²) in [4.78, 5) is 16.6. The maximum absolute atomic E-state index is 13.5. The average Bonchev–Trinajstić information content (AvgIpc) is 2.80. The summed E-state index contributed by atoms with van der Waals surface area (Å²) in [6.45, 7) is 7.13. The highest BCUT2D eigenvalue weighted by atomic mass is 19.1. The number of cyclic esters (lactones) is 1. The van der Waals surface area contributed by atoms with E-state index in [0.717, 1.165) is 22.2 Å². The Balaban J connectivity index is 1.88. The molecule has 1 aromatic heterocycles. The Bertz CT molecular complexity index is 779. The molecular weight excluding hydrogens is 299 g/mol. The Morgan fingerprint density at radius 1 is 1.35 bits per heavy atom. The van der Waals surface area contributed by atoms with Gasteiger partial charge in [-0.1, -0.05) is 0 Å². The fourth-order valence-electron chi connectivity index (χ4n) is 3.08. The Hall–Kier alpha value is -2.08. The van der Waals surface area contributed by atoms with Crippen LogP contribution in [0.25, 0.3) is 10.9 Å². The minimum Gasteiger partial charge on any atom is -0.438 e. The number of ether oxygens (including phenoxy) is 1. The van der Waals surface area contributed by atoms with Gasteiger partial charge in [-0.05, 0) is 57.9 Å². The van der Waals surface area contributed by atoms with Gasteiger partial charge in [0, 0.05) is 23.1 Å². The monoisotopic (exact) mass is 320 g/mol. The van der Waals surface area contributed by atoms with Gasteiger partial charge in [0.2, 0.25) is 0 Å². The van der Waals surface area contributed by atoms with Gasteiger partial charge in [-0.15, -0.1) is 0 Å². The molecule has 1 saturated heterocycles. The number of nitrogens with one attached hydrogen (secondary N) is 1. The first kappa shape index (κ1) is 15.8. The van der Waals surface area contributed by atoms with E-state index in [1.54, 1.807) is 26.8 Å². The number of carbonyl (C=O) groups excluding carboxylic acids is 1. The second kappa shape index (κ2) is 4.96. The Morgan fingerprint density at radius 2 is 2.04 bits per heavy atom. The SMILES string of the molecule is Cc1[nH]c2ccc(F)cc2c1CCN1C(=O)OC(C)(C)[C@]1(C)O. The summed E-state index contributed by atoms with van der Waals surface area (Å²) >= 11 is 0. The first-order valence-electron chi connectivity index (χ1n) is 7.63. The van der Waals surface area contributed by atoms with Crippen LogP contribution in [-0.2, 0) is 11.2 Å². The van der Waals surface area contributed by atoms with Crippen molar-refractivity contribution < 1.29 is 19.0 Å². The van der Waals surface area contributed by atoms with Gasteiger partial charge >= 0.3 is 6.09 Å². The summed E-state index contributed by atoms with van der Waals surface area (Å²) in [5.74, 6) is -0.300. The standard InChI is InChI=1S/C17H21FN2O3/c1-10-12(13-9-11(18)5-6-14(13)19-10)7-8-20-15(21)23-16(2,3)17(20,4)22/h5-6,9,19,22H,7-8H2,1-4H3/t17-/m0/s1. The van der Waals surface area contributed by atoms with Crippen molar-refractivity contribution in [2.24, 2.45) is 0 Å². The zero-order valence-corrected chi connectivity index (χ0v) is 13.7. The number of amides is 1. The van der Waals surface area contributed by atoms with E-state index < -0.39 is 17.4 Å². The van der Waals surface area contributed by atoms with Crippen LogP contribution in [0.4, 0.5) is 9.18 Å². The molecule has 1 fully saturated rings. The van der Waals surface area contributed by atoms with E-state index in [0.29, 0.717) is 13.0 Å². The fourth-order valence-corrected chi connectivity index (χ4v) is 3.08. The smallest absolute Gasteiger partial charge is 0.412 e. The lowest BCUT2D eigenvalue weighted by Gasteiger charge is -2.34. The molecule has 124 valence electrons. The number of benzene rings is 1. The van der Waals surface area contributed by atoms with E-state index in [-0.39, 0.29) is 5.82 Å². The first-order chi connectivity index (χ1) is 10.6. The molecule has 5 nitrogen and oxygen atoms in total. The normalized spacial score (nSPS) is 23.6. The van der Waals surface area contributed by atoms with E-state index >= 15 is 0 Å². The van der Waals surface area contributed by atoms with Crippen LogP contribution in [-0.4, -0.2) is 39.0 Å². The fraction of sp³-hybridized carbons (Fsp3) is 0.471. The quantitative estimate of drug-likeness (QED) is 0.913. The van der Waals surface area contributed by atoms with Crippen LogP contribution < -0.4 is 0 Å². The molecule has 0 bridgehead atoms. The van der Waals surface area contributed by atoms with Crippen LogP contribution in [0, 0.1) is 12.7 Å². The maximum Gasteiger partial charge on any atom is 0.412 e. The largest absolute Gasteiger partial charge is 0.438 e. The van der Waals surface area contributed by atoms with Crippen LogP contribution in [0.3, 0.4) is 0 Å².